The highest BCUT2D eigenvalue weighted by Gasteiger charge is 2.34. The Morgan fingerprint density at radius 3 is 2.50 bits per heavy atom. The van der Waals surface area contributed by atoms with Crippen LogP contribution in [0.5, 0.6) is 0 Å². The zero-order valence-electron chi connectivity index (χ0n) is 7.35. The van der Waals surface area contributed by atoms with Crippen molar-refractivity contribution in [1.29, 1.82) is 0 Å². The maximum atomic E-state index is 11.8. The van der Waals surface area contributed by atoms with Crippen LogP contribution in [0.25, 0.3) is 0 Å². The quantitative estimate of drug-likeness (QED) is 0.640. The molecule has 0 aromatic carbocycles. The van der Waals surface area contributed by atoms with Gasteiger partial charge in [0.2, 0.25) is 0 Å². The first kappa shape index (κ1) is 11.4. The molecule has 0 heterocycles. The van der Waals surface area contributed by atoms with Gasteiger partial charge in [-0.15, -0.1) is 0 Å². The van der Waals surface area contributed by atoms with Crippen molar-refractivity contribution in [2.75, 3.05) is 13.2 Å². The van der Waals surface area contributed by atoms with Crippen LogP contribution in [0.2, 0.25) is 0 Å². The highest BCUT2D eigenvalue weighted by molar-refractivity contribution is 5.74. The van der Waals surface area contributed by atoms with Crippen LogP contribution in [0.4, 0.5) is 4.39 Å². The van der Waals surface area contributed by atoms with E-state index in [4.69, 9.17) is 10.8 Å². The maximum Gasteiger partial charge on any atom is 0.310 e. The molecule has 0 radical (unpaired) electrons. The van der Waals surface area contributed by atoms with Crippen LogP contribution in [0.1, 0.15) is 26.2 Å². The molecule has 12 heavy (non-hydrogen) atoms. The van der Waals surface area contributed by atoms with Gasteiger partial charge in [-0.05, 0) is 19.3 Å². The molecule has 0 fully saturated rings. The predicted octanol–water partition coefficient (Wildman–Crippen LogP) is 1.18. The van der Waals surface area contributed by atoms with Gasteiger partial charge in [-0.25, -0.2) is 0 Å². The van der Waals surface area contributed by atoms with Gasteiger partial charge in [0.25, 0.3) is 0 Å². The Balaban J connectivity index is 4.25. The van der Waals surface area contributed by atoms with E-state index in [9.17, 15) is 9.18 Å². The summed E-state index contributed by atoms with van der Waals surface area (Å²) >= 11 is 0. The molecule has 0 aliphatic carbocycles. The monoisotopic (exact) mass is 177 g/mol. The first-order valence-corrected chi connectivity index (χ1v) is 4.12. The molecule has 0 rings (SSSR count). The number of hydrogen-bond donors (Lipinski definition) is 2. The topological polar surface area (TPSA) is 63.3 Å². The van der Waals surface area contributed by atoms with Gasteiger partial charge in [-0.2, -0.15) is 0 Å². The Hall–Kier alpha value is -0.640. The highest BCUT2D eigenvalue weighted by atomic mass is 19.1. The van der Waals surface area contributed by atoms with Crippen molar-refractivity contribution in [1.82, 2.24) is 0 Å². The first-order valence-electron chi connectivity index (χ1n) is 4.12. The first-order chi connectivity index (χ1) is 5.63. The molecule has 0 saturated heterocycles. The minimum Gasteiger partial charge on any atom is -0.481 e. The van der Waals surface area contributed by atoms with Crippen molar-refractivity contribution in [3.05, 3.63) is 0 Å². The van der Waals surface area contributed by atoms with Crippen molar-refractivity contribution in [2.24, 2.45) is 11.1 Å². The van der Waals surface area contributed by atoms with E-state index in [0.29, 0.717) is 12.8 Å². The second kappa shape index (κ2) is 5.09. The third-order valence-electron chi connectivity index (χ3n) is 2.31. The summed E-state index contributed by atoms with van der Waals surface area (Å²) in [6.45, 7) is 1.37. The molecule has 0 aliphatic rings. The van der Waals surface area contributed by atoms with Gasteiger partial charge in [0.05, 0.1) is 12.1 Å². The zero-order valence-corrected chi connectivity index (χ0v) is 7.35. The molecular weight excluding hydrogens is 161 g/mol. The number of carboxylic acids is 1. The molecule has 4 heteroatoms. The molecule has 0 amide bonds. The maximum absolute atomic E-state index is 11.8. The summed E-state index contributed by atoms with van der Waals surface area (Å²) in [6.07, 6.45) is 1.06. The van der Waals surface area contributed by atoms with Gasteiger partial charge in [-0.1, -0.05) is 6.92 Å². The summed E-state index contributed by atoms with van der Waals surface area (Å²) in [5.41, 5.74) is 4.45. The Bertz CT molecular complexity index is 146. The Kier molecular flexibility index (Phi) is 4.81. The number of nitrogens with two attached hydrogens (primary N) is 1. The lowest BCUT2D eigenvalue weighted by molar-refractivity contribution is -0.149. The number of carboxylic acid groups (broad SMARTS) is 1. The smallest absolute Gasteiger partial charge is 0.310 e. The molecule has 3 nitrogen and oxygen atoms in total. The molecule has 72 valence electrons. The van der Waals surface area contributed by atoms with E-state index in [0.717, 1.165) is 0 Å². The lowest BCUT2D eigenvalue weighted by Crippen LogP contribution is -2.38. The molecule has 3 N–H and O–H groups in total. The van der Waals surface area contributed by atoms with Crippen LogP contribution in [-0.4, -0.2) is 24.3 Å². The summed E-state index contributed by atoms with van der Waals surface area (Å²) in [7, 11) is 0. The van der Waals surface area contributed by atoms with E-state index in [2.05, 4.69) is 0 Å². The fourth-order valence-electron chi connectivity index (χ4n) is 1.17. The summed E-state index contributed by atoms with van der Waals surface area (Å²) in [4.78, 5) is 10.8. The Labute approximate surface area is 71.8 Å². The highest BCUT2D eigenvalue weighted by Crippen LogP contribution is 2.26. The second-order valence-electron chi connectivity index (χ2n) is 2.94. The normalized spacial score (nSPS) is 15.6. The molecule has 0 bridgehead atoms. The fraction of sp³-hybridized carbons (Fsp3) is 0.875. The number of alkyl halides is 1. The van der Waals surface area contributed by atoms with Crippen LogP contribution < -0.4 is 5.73 Å². The second-order valence-corrected chi connectivity index (χ2v) is 2.94. The van der Waals surface area contributed by atoms with Crippen molar-refractivity contribution in [2.45, 2.75) is 26.2 Å². The van der Waals surface area contributed by atoms with E-state index in [1.54, 1.807) is 6.92 Å². The molecule has 1 unspecified atom stereocenters. The van der Waals surface area contributed by atoms with E-state index < -0.39 is 18.1 Å². The molecule has 1 atom stereocenters. The van der Waals surface area contributed by atoms with Crippen molar-refractivity contribution >= 4 is 5.97 Å². The van der Waals surface area contributed by atoms with Gasteiger partial charge >= 0.3 is 5.97 Å². The third kappa shape index (κ3) is 2.44. The molecular formula is C8H16FNO2. The minimum atomic E-state index is -0.916. The fourth-order valence-corrected chi connectivity index (χ4v) is 1.17. The minimum absolute atomic E-state index is 0.0822. The van der Waals surface area contributed by atoms with Gasteiger partial charge in [0, 0.05) is 6.54 Å². The van der Waals surface area contributed by atoms with Crippen LogP contribution >= 0.6 is 0 Å². The summed E-state index contributed by atoms with van der Waals surface area (Å²) < 4.78 is 11.8. The van der Waals surface area contributed by atoms with E-state index >= 15 is 0 Å². The average Bonchev–Trinajstić information content (AvgIpc) is 2.07. The lowest BCUT2D eigenvalue weighted by Gasteiger charge is -2.25. The zero-order chi connectivity index (χ0) is 9.61. The number of halogens is 1. The van der Waals surface area contributed by atoms with Gasteiger partial charge in [-0.3, -0.25) is 9.18 Å². The standard InChI is InChI=1S/C8H16FNO2/c1-2-8(6-10,7(11)12)4-3-5-9/h2-6,10H2,1H3,(H,11,12). The van der Waals surface area contributed by atoms with Crippen LogP contribution in [-0.2, 0) is 4.79 Å². The number of rotatable bonds is 6. The van der Waals surface area contributed by atoms with Gasteiger partial charge < -0.3 is 10.8 Å². The molecule has 0 aromatic heterocycles. The van der Waals surface area contributed by atoms with Crippen LogP contribution in [0, 0.1) is 5.41 Å². The van der Waals surface area contributed by atoms with E-state index in [-0.39, 0.29) is 13.0 Å². The van der Waals surface area contributed by atoms with Crippen LogP contribution in [0.15, 0.2) is 0 Å². The van der Waals surface area contributed by atoms with E-state index in [1.807, 2.05) is 0 Å². The Morgan fingerprint density at radius 1 is 1.67 bits per heavy atom. The van der Waals surface area contributed by atoms with Gasteiger partial charge in [0.15, 0.2) is 0 Å². The number of aliphatic carboxylic acids is 1. The number of carbonyl (C=O) groups is 1. The SMILES string of the molecule is CCC(CN)(CCCF)C(=O)O. The molecule has 0 aliphatic heterocycles. The molecule has 0 saturated carbocycles. The summed E-state index contributed by atoms with van der Waals surface area (Å²) in [6, 6.07) is 0. The van der Waals surface area contributed by atoms with Crippen LogP contribution in [0.3, 0.4) is 0 Å². The van der Waals surface area contributed by atoms with E-state index in [1.165, 1.54) is 0 Å². The largest absolute Gasteiger partial charge is 0.481 e. The third-order valence-corrected chi connectivity index (χ3v) is 2.31. The summed E-state index contributed by atoms with van der Waals surface area (Å²) in [5.74, 6) is -0.916. The van der Waals surface area contributed by atoms with Gasteiger partial charge in [0.1, 0.15) is 0 Å². The van der Waals surface area contributed by atoms with Crippen molar-refractivity contribution < 1.29 is 14.3 Å². The molecule has 0 aromatic rings. The van der Waals surface area contributed by atoms with Crippen molar-refractivity contribution in [3.8, 4) is 0 Å². The number of hydrogen-bond acceptors (Lipinski definition) is 2. The summed E-state index contributed by atoms with van der Waals surface area (Å²) in [5, 5.41) is 8.85. The predicted molar refractivity (Wildman–Crippen MR) is 44.6 cm³/mol. The van der Waals surface area contributed by atoms with Crippen molar-refractivity contribution in [3.63, 3.8) is 0 Å². The average molecular weight is 177 g/mol. The molecule has 0 spiro atoms. The Morgan fingerprint density at radius 2 is 2.25 bits per heavy atom. The lowest BCUT2D eigenvalue weighted by atomic mass is 9.81.